The first-order valence-electron chi connectivity index (χ1n) is 6.59. The van der Waals surface area contributed by atoms with Crippen molar-refractivity contribution in [2.24, 2.45) is 11.7 Å². The molecule has 1 heterocycles. The molecule has 0 bridgehead atoms. The van der Waals surface area contributed by atoms with Gasteiger partial charge < -0.3 is 15.4 Å². The van der Waals surface area contributed by atoms with Crippen LogP contribution in [0.3, 0.4) is 0 Å². The van der Waals surface area contributed by atoms with E-state index in [1.54, 1.807) is 0 Å². The number of hydrogen-bond acceptors (Lipinski definition) is 3. The van der Waals surface area contributed by atoms with Gasteiger partial charge in [0.1, 0.15) is 0 Å². The van der Waals surface area contributed by atoms with Gasteiger partial charge in [-0.05, 0) is 40.0 Å². The Balaban J connectivity index is 1.99. The summed E-state index contributed by atoms with van der Waals surface area (Å²) in [7, 11) is 0. The van der Waals surface area contributed by atoms with Crippen LogP contribution in [0.25, 0.3) is 0 Å². The van der Waals surface area contributed by atoms with E-state index in [4.69, 9.17) is 10.5 Å². The first-order valence-corrected chi connectivity index (χ1v) is 6.59. The van der Waals surface area contributed by atoms with Gasteiger partial charge in [-0.2, -0.15) is 0 Å². The standard InChI is InChI=1S/C13H24N2O2/c1-9-7-15(8-13(2,3)17-9)12(16)10-4-5-11(14)6-10/h9-11H,4-8,14H2,1-3H3. The van der Waals surface area contributed by atoms with Crippen LogP contribution in [0.2, 0.25) is 0 Å². The predicted octanol–water partition coefficient (Wildman–Crippen LogP) is 1.14. The SMILES string of the molecule is CC1CN(C(=O)C2CCC(N)C2)CC(C)(C)O1. The Hall–Kier alpha value is -0.610. The largest absolute Gasteiger partial charge is 0.369 e. The summed E-state index contributed by atoms with van der Waals surface area (Å²) in [4.78, 5) is 14.4. The van der Waals surface area contributed by atoms with E-state index in [2.05, 4.69) is 0 Å². The quantitative estimate of drug-likeness (QED) is 0.748. The Labute approximate surface area is 103 Å². The van der Waals surface area contributed by atoms with Gasteiger partial charge in [0.05, 0.1) is 11.7 Å². The molecule has 0 aromatic carbocycles. The number of carbonyl (C=O) groups is 1. The lowest BCUT2D eigenvalue weighted by atomic mass is 10.0. The zero-order valence-corrected chi connectivity index (χ0v) is 11.1. The monoisotopic (exact) mass is 240 g/mol. The summed E-state index contributed by atoms with van der Waals surface area (Å²) < 4.78 is 5.82. The third-order valence-corrected chi connectivity index (χ3v) is 3.70. The molecule has 1 aliphatic carbocycles. The first-order chi connectivity index (χ1) is 7.87. The first kappa shape index (κ1) is 12.8. The van der Waals surface area contributed by atoms with Gasteiger partial charge in [-0.15, -0.1) is 0 Å². The smallest absolute Gasteiger partial charge is 0.225 e. The summed E-state index contributed by atoms with van der Waals surface area (Å²) in [6, 6.07) is 0.218. The van der Waals surface area contributed by atoms with Gasteiger partial charge in [-0.1, -0.05) is 0 Å². The summed E-state index contributed by atoms with van der Waals surface area (Å²) in [5.74, 6) is 0.423. The van der Waals surface area contributed by atoms with Crippen LogP contribution in [0.1, 0.15) is 40.0 Å². The van der Waals surface area contributed by atoms with E-state index < -0.39 is 0 Å². The molecule has 0 radical (unpaired) electrons. The minimum absolute atomic E-state index is 0.123. The highest BCUT2D eigenvalue weighted by Crippen LogP contribution is 2.29. The van der Waals surface area contributed by atoms with E-state index >= 15 is 0 Å². The molecule has 2 fully saturated rings. The molecule has 4 heteroatoms. The summed E-state index contributed by atoms with van der Waals surface area (Å²) in [5, 5.41) is 0. The van der Waals surface area contributed by atoms with Gasteiger partial charge in [0.2, 0.25) is 5.91 Å². The second-order valence-corrected chi connectivity index (χ2v) is 6.18. The molecule has 1 saturated heterocycles. The van der Waals surface area contributed by atoms with E-state index in [0.717, 1.165) is 19.3 Å². The molecule has 3 atom stereocenters. The third kappa shape index (κ3) is 2.99. The number of rotatable bonds is 1. The van der Waals surface area contributed by atoms with E-state index in [0.29, 0.717) is 13.1 Å². The molecule has 2 rings (SSSR count). The van der Waals surface area contributed by atoms with Gasteiger partial charge in [0.15, 0.2) is 0 Å². The van der Waals surface area contributed by atoms with E-state index in [9.17, 15) is 4.79 Å². The van der Waals surface area contributed by atoms with Crippen LogP contribution < -0.4 is 5.73 Å². The highest BCUT2D eigenvalue weighted by molar-refractivity contribution is 5.79. The summed E-state index contributed by atoms with van der Waals surface area (Å²) in [5.41, 5.74) is 5.65. The van der Waals surface area contributed by atoms with Gasteiger partial charge in [0, 0.05) is 25.0 Å². The Kier molecular flexibility index (Phi) is 3.46. The number of amides is 1. The topological polar surface area (TPSA) is 55.6 Å². The normalized spacial score (nSPS) is 37.2. The summed E-state index contributed by atoms with van der Waals surface area (Å²) in [6.07, 6.45) is 2.91. The van der Waals surface area contributed by atoms with E-state index in [-0.39, 0.29) is 29.6 Å². The molecule has 0 aromatic heterocycles. The second kappa shape index (κ2) is 4.58. The number of nitrogens with two attached hydrogens (primary N) is 1. The van der Waals surface area contributed by atoms with Crippen molar-refractivity contribution >= 4 is 5.91 Å². The van der Waals surface area contributed by atoms with Crippen molar-refractivity contribution < 1.29 is 9.53 Å². The fourth-order valence-corrected chi connectivity index (χ4v) is 3.12. The molecule has 1 aliphatic heterocycles. The van der Waals surface area contributed by atoms with Crippen molar-refractivity contribution in [1.82, 2.24) is 4.90 Å². The molecule has 17 heavy (non-hydrogen) atoms. The van der Waals surface area contributed by atoms with Gasteiger partial charge in [-0.3, -0.25) is 4.79 Å². The molecular weight excluding hydrogens is 216 g/mol. The maximum absolute atomic E-state index is 12.4. The highest BCUT2D eigenvalue weighted by atomic mass is 16.5. The Morgan fingerprint density at radius 3 is 2.65 bits per heavy atom. The van der Waals surface area contributed by atoms with Crippen molar-refractivity contribution in [3.63, 3.8) is 0 Å². The zero-order chi connectivity index (χ0) is 12.6. The molecule has 1 saturated carbocycles. The van der Waals surface area contributed by atoms with Crippen LogP contribution in [-0.2, 0) is 9.53 Å². The molecule has 4 nitrogen and oxygen atoms in total. The molecule has 0 aromatic rings. The fourth-order valence-electron chi connectivity index (χ4n) is 3.12. The van der Waals surface area contributed by atoms with Crippen LogP contribution in [0, 0.1) is 5.92 Å². The van der Waals surface area contributed by atoms with Crippen LogP contribution in [0.15, 0.2) is 0 Å². The Morgan fingerprint density at radius 2 is 2.12 bits per heavy atom. The van der Waals surface area contributed by atoms with Crippen LogP contribution in [-0.4, -0.2) is 41.6 Å². The Bertz CT molecular complexity index is 304. The summed E-state index contributed by atoms with van der Waals surface area (Å²) >= 11 is 0. The third-order valence-electron chi connectivity index (χ3n) is 3.70. The number of ether oxygens (including phenoxy) is 1. The number of carbonyl (C=O) groups excluding carboxylic acids is 1. The fraction of sp³-hybridized carbons (Fsp3) is 0.923. The van der Waals surface area contributed by atoms with Crippen molar-refractivity contribution in [3.8, 4) is 0 Å². The van der Waals surface area contributed by atoms with Crippen molar-refractivity contribution in [3.05, 3.63) is 0 Å². The lowest BCUT2D eigenvalue weighted by Crippen LogP contribution is -2.55. The van der Waals surface area contributed by atoms with Gasteiger partial charge in [-0.25, -0.2) is 0 Å². The molecular formula is C13H24N2O2. The second-order valence-electron chi connectivity index (χ2n) is 6.18. The maximum Gasteiger partial charge on any atom is 0.225 e. The predicted molar refractivity (Wildman–Crippen MR) is 66.5 cm³/mol. The van der Waals surface area contributed by atoms with Crippen LogP contribution in [0.4, 0.5) is 0 Å². The van der Waals surface area contributed by atoms with Gasteiger partial charge >= 0.3 is 0 Å². The van der Waals surface area contributed by atoms with Crippen LogP contribution in [0.5, 0.6) is 0 Å². The minimum Gasteiger partial charge on any atom is -0.369 e. The van der Waals surface area contributed by atoms with Crippen molar-refractivity contribution in [2.45, 2.75) is 57.8 Å². The highest BCUT2D eigenvalue weighted by Gasteiger charge is 2.37. The van der Waals surface area contributed by atoms with E-state index in [1.165, 1.54) is 0 Å². The molecule has 2 N–H and O–H groups in total. The molecule has 98 valence electrons. The average molecular weight is 240 g/mol. The maximum atomic E-state index is 12.4. The Morgan fingerprint density at radius 1 is 1.41 bits per heavy atom. The number of hydrogen-bond donors (Lipinski definition) is 1. The molecule has 1 amide bonds. The van der Waals surface area contributed by atoms with Gasteiger partial charge in [0.25, 0.3) is 0 Å². The zero-order valence-electron chi connectivity index (χ0n) is 11.1. The average Bonchev–Trinajstić information content (AvgIpc) is 2.60. The summed E-state index contributed by atoms with van der Waals surface area (Å²) in [6.45, 7) is 7.53. The van der Waals surface area contributed by atoms with Crippen LogP contribution >= 0.6 is 0 Å². The lowest BCUT2D eigenvalue weighted by molar-refractivity contribution is -0.161. The lowest BCUT2D eigenvalue weighted by Gasteiger charge is -2.42. The minimum atomic E-state index is -0.228. The number of morpholine rings is 1. The molecule has 2 aliphatic rings. The number of nitrogens with zero attached hydrogens (tertiary/aromatic N) is 1. The van der Waals surface area contributed by atoms with Crippen molar-refractivity contribution in [2.75, 3.05) is 13.1 Å². The van der Waals surface area contributed by atoms with Crippen molar-refractivity contribution in [1.29, 1.82) is 0 Å². The van der Waals surface area contributed by atoms with E-state index in [1.807, 2.05) is 25.7 Å². The molecule has 0 spiro atoms. The molecule has 3 unspecified atom stereocenters.